The number of furan rings is 1. The summed E-state index contributed by atoms with van der Waals surface area (Å²) in [5, 5.41) is 7.08. The Labute approximate surface area is 267 Å². The molecule has 0 fully saturated rings. The van der Waals surface area contributed by atoms with Crippen LogP contribution < -0.4 is 4.90 Å². The average Bonchev–Trinajstić information content (AvgIpc) is 3.52. The Hall–Kier alpha value is -6.12. The SMILES string of the molecule is c1ccc(-c2ccc(N(c3ccccc3)c3ccc(-c4ccc5c(ccc6ccc7c8ccccc8oc7c65)c4)cc3)cc2)cc1. The summed E-state index contributed by atoms with van der Waals surface area (Å²) in [5.41, 5.74) is 10.0. The molecule has 0 saturated heterocycles. The highest BCUT2D eigenvalue weighted by Crippen LogP contribution is 2.40. The minimum absolute atomic E-state index is 0.926. The van der Waals surface area contributed by atoms with Gasteiger partial charge in [0.2, 0.25) is 0 Å². The van der Waals surface area contributed by atoms with Crippen LogP contribution in [0.15, 0.2) is 180 Å². The maximum absolute atomic E-state index is 6.42. The number of nitrogens with zero attached hydrogens (tertiary/aromatic N) is 1. The van der Waals surface area contributed by atoms with Crippen molar-refractivity contribution in [1.29, 1.82) is 0 Å². The minimum atomic E-state index is 0.926. The number of fused-ring (bicyclic) bond motifs is 7. The van der Waals surface area contributed by atoms with E-state index >= 15 is 0 Å². The standard InChI is InChI=1S/C44H29NO/c1-3-9-30(10-4-1)31-17-23-37(24-18-31)45(36-11-5-2-6-12-36)38-25-19-32(20-26-38)34-22-27-39-35(29-34)16-15-33-21-28-41-40-13-7-8-14-42(40)46-44(41)43(33)39/h1-29H. The smallest absolute Gasteiger partial charge is 0.143 e. The van der Waals surface area contributed by atoms with Crippen LogP contribution in [-0.2, 0) is 0 Å². The summed E-state index contributed by atoms with van der Waals surface area (Å²) in [6, 6.07) is 62.7. The van der Waals surface area contributed by atoms with Crippen molar-refractivity contribution < 1.29 is 4.42 Å². The molecule has 0 amide bonds. The Morgan fingerprint density at radius 1 is 0.348 bits per heavy atom. The molecule has 0 radical (unpaired) electrons. The summed E-state index contributed by atoms with van der Waals surface area (Å²) in [5.74, 6) is 0. The van der Waals surface area contributed by atoms with Gasteiger partial charge in [-0.1, -0.05) is 121 Å². The van der Waals surface area contributed by atoms with Gasteiger partial charge in [-0.3, -0.25) is 0 Å². The summed E-state index contributed by atoms with van der Waals surface area (Å²) in [4.78, 5) is 2.31. The highest BCUT2D eigenvalue weighted by atomic mass is 16.3. The summed E-state index contributed by atoms with van der Waals surface area (Å²) in [6.07, 6.45) is 0. The van der Waals surface area contributed by atoms with Crippen LogP contribution in [0.4, 0.5) is 17.1 Å². The molecule has 9 rings (SSSR count). The van der Waals surface area contributed by atoms with E-state index in [1.165, 1.54) is 43.8 Å². The predicted octanol–water partition coefficient (Wildman–Crippen LogP) is 12.7. The van der Waals surface area contributed by atoms with Gasteiger partial charge in [0.05, 0.1) is 0 Å². The van der Waals surface area contributed by atoms with E-state index in [1.807, 2.05) is 12.1 Å². The third-order valence-corrected chi connectivity index (χ3v) is 9.05. The first-order valence-corrected chi connectivity index (χ1v) is 15.7. The molecule has 1 aromatic heterocycles. The Kier molecular flexibility index (Phi) is 6.17. The Bertz CT molecular complexity index is 2490. The molecule has 2 nitrogen and oxygen atoms in total. The van der Waals surface area contributed by atoms with Crippen molar-refractivity contribution in [3.63, 3.8) is 0 Å². The molecule has 0 N–H and O–H groups in total. The summed E-state index contributed by atoms with van der Waals surface area (Å²) >= 11 is 0. The lowest BCUT2D eigenvalue weighted by molar-refractivity contribution is 0.673. The number of benzene rings is 8. The Morgan fingerprint density at radius 3 is 1.61 bits per heavy atom. The van der Waals surface area contributed by atoms with E-state index in [-0.39, 0.29) is 0 Å². The molecule has 0 spiro atoms. The van der Waals surface area contributed by atoms with Gasteiger partial charge >= 0.3 is 0 Å². The van der Waals surface area contributed by atoms with Gasteiger partial charge in [0, 0.05) is 33.2 Å². The molecule has 2 heteroatoms. The molecule has 216 valence electrons. The average molecular weight is 588 g/mol. The first kappa shape index (κ1) is 26.3. The zero-order valence-corrected chi connectivity index (χ0v) is 25.1. The lowest BCUT2D eigenvalue weighted by atomic mass is 9.96. The van der Waals surface area contributed by atoms with E-state index < -0.39 is 0 Å². The van der Waals surface area contributed by atoms with Gasteiger partial charge < -0.3 is 9.32 Å². The highest BCUT2D eigenvalue weighted by molar-refractivity contribution is 6.23. The molecule has 9 aromatic rings. The zero-order valence-electron chi connectivity index (χ0n) is 25.1. The van der Waals surface area contributed by atoms with E-state index in [2.05, 4.69) is 169 Å². The lowest BCUT2D eigenvalue weighted by Gasteiger charge is -2.26. The molecule has 0 aliphatic carbocycles. The lowest BCUT2D eigenvalue weighted by Crippen LogP contribution is -2.09. The molecular weight excluding hydrogens is 558 g/mol. The molecule has 46 heavy (non-hydrogen) atoms. The molecular formula is C44H29NO. The Balaban J connectivity index is 1.10. The van der Waals surface area contributed by atoms with Crippen molar-refractivity contribution in [1.82, 2.24) is 0 Å². The first-order chi connectivity index (χ1) is 22.8. The quantitative estimate of drug-likeness (QED) is 0.186. The van der Waals surface area contributed by atoms with E-state index in [9.17, 15) is 0 Å². The van der Waals surface area contributed by atoms with Crippen molar-refractivity contribution in [3.05, 3.63) is 176 Å². The Morgan fingerprint density at radius 2 is 0.870 bits per heavy atom. The highest BCUT2D eigenvalue weighted by Gasteiger charge is 2.15. The van der Waals surface area contributed by atoms with Crippen LogP contribution in [0.25, 0.3) is 65.7 Å². The molecule has 1 heterocycles. The van der Waals surface area contributed by atoms with Gasteiger partial charge in [-0.15, -0.1) is 0 Å². The van der Waals surface area contributed by atoms with Crippen molar-refractivity contribution in [2.24, 2.45) is 0 Å². The van der Waals surface area contributed by atoms with Crippen LogP contribution in [0.3, 0.4) is 0 Å². The molecule has 0 aliphatic heterocycles. The minimum Gasteiger partial charge on any atom is -0.455 e. The van der Waals surface area contributed by atoms with Gasteiger partial charge in [0.1, 0.15) is 11.2 Å². The molecule has 8 aromatic carbocycles. The number of rotatable bonds is 5. The number of hydrogen-bond acceptors (Lipinski definition) is 2. The van der Waals surface area contributed by atoms with Crippen molar-refractivity contribution in [2.45, 2.75) is 0 Å². The first-order valence-electron chi connectivity index (χ1n) is 15.7. The summed E-state index contributed by atoms with van der Waals surface area (Å²) in [7, 11) is 0. The van der Waals surface area contributed by atoms with Gasteiger partial charge in [-0.05, 0) is 93.0 Å². The van der Waals surface area contributed by atoms with Crippen molar-refractivity contribution in [2.75, 3.05) is 4.90 Å². The van der Waals surface area contributed by atoms with Crippen LogP contribution in [0.5, 0.6) is 0 Å². The summed E-state index contributed by atoms with van der Waals surface area (Å²) in [6.45, 7) is 0. The predicted molar refractivity (Wildman–Crippen MR) is 194 cm³/mol. The maximum atomic E-state index is 6.42. The van der Waals surface area contributed by atoms with Gasteiger partial charge in [-0.2, -0.15) is 0 Å². The van der Waals surface area contributed by atoms with Crippen molar-refractivity contribution >= 4 is 60.5 Å². The molecule has 0 atom stereocenters. The molecule has 0 bridgehead atoms. The second kappa shape index (κ2) is 10.8. The molecule has 0 unspecified atom stereocenters. The van der Waals surface area contributed by atoms with Crippen LogP contribution in [-0.4, -0.2) is 0 Å². The van der Waals surface area contributed by atoms with Crippen LogP contribution in [0, 0.1) is 0 Å². The third kappa shape index (κ3) is 4.43. The normalized spacial score (nSPS) is 11.5. The van der Waals surface area contributed by atoms with Gasteiger partial charge in [0.25, 0.3) is 0 Å². The topological polar surface area (TPSA) is 16.4 Å². The van der Waals surface area contributed by atoms with Gasteiger partial charge in [-0.25, -0.2) is 0 Å². The zero-order chi connectivity index (χ0) is 30.5. The number of anilines is 3. The van der Waals surface area contributed by atoms with E-state index in [0.29, 0.717) is 0 Å². The summed E-state index contributed by atoms with van der Waals surface area (Å²) < 4.78 is 6.42. The number of para-hydroxylation sites is 2. The molecule has 0 aliphatic rings. The largest absolute Gasteiger partial charge is 0.455 e. The van der Waals surface area contributed by atoms with Crippen LogP contribution in [0.1, 0.15) is 0 Å². The second-order valence-corrected chi connectivity index (χ2v) is 11.8. The van der Waals surface area contributed by atoms with Crippen molar-refractivity contribution in [3.8, 4) is 22.3 Å². The third-order valence-electron chi connectivity index (χ3n) is 9.05. The monoisotopic (exact) mass is 587 g/mol. The van der Waals surface area contributed by atoms with Crippen LogP contribution in [0.2, 0.25) is 0 Å². The fraction of sp³-hybridized carbons (Fsp3) is 0. The van der Waals surface area contributed by atoms with E-state index in [0.717, 1.165) is 39.0 Å². The maximum Gasteiger partial charge on any atom is 0.143 e. The molecule has 0 saturated carbocycles. The fourth-order valence-electron chi connectivity index (χ4n) is 6.77. The van der Waals surface area contributed by atoms with E-state index in [4.69, 9.17) is 4.42 Å². The second-order valence-electron chi connectivity index (χ2n) is 11.8. The van der Waals surface area contributed by atoms with E-state index in [1.54, 1.807) is 0 Å². The number of hydrogen-bond donors (Lipinski definition) is 0. The fourth-order valence-corrected chi connectivity index (χ4v) is 6.77. The van der Waals surface area contributed by atoms with Crippen LogP contribution >= 0.6 is 0 Å². The van der Waals surface area contributed by atoms with Gasteiger partial charge in [0.15, 0.2) is 0 Å².